The molecule has 1 aliphatic heterocycles. The Labute approximate surface area is 185 Å². The molecule has 2 aromatic carbocycles. The van der Waals surface area contributed by atoms with Gasteiger partial charge in [-0.15, -0.1) is 11.8 Å². The second kappa shape index (κ2) is 8.47. The first-order chi connectivity index (χ1) is 15.2. The highest BCUT2D eigenvalue weighted by Crippen LogP contribution is 2.32. The molecular weight excluding hydrogens is 406 g/mol. The molecule has 0 aliphatic carbocycles. The maximum Gasteiger partial charge on any atom is 0.258 e. The van der Waals surface area contributed by atoms with Crippen molar-refractivity contribution in [2.75, 3.05) is 18.6 Å². The van der Waals surface area contributed by atoms with Gasteiger partial charge in [0.05, 0.1) is 12.8 Å². The number of aryl methyl sites for hydroxylation is 1. The van der Waals surface area contributed by atoms with E-state index < -0.39 is 0 Å². The van der Waals surface area contributed by atoms with Crippen LogP contribution in [0.15, 0.2) is 78.0 Å². The first-order valence-electron chi connectivity index (χ1n) is 10.4. The number of ether oxygens (including phenoxy) is 1. The van der Waals surface area contributed by atoms with Gasteiger partial charge in [-0.1, -0.05) is 6.07 Å². The number of imidazole rings is 1. The molecule has 3 heterocycles. The number of aromatic nitrogens is 2. The molecular formula is C25H23N3O2S. The summed E-state index contributed by atoms with van der Waals surface area (Å²) in [5, 5.41) is 0. The van der Waals surface area contributed by atoms with E-state index in [4.69, 9.17) is 4.74 Å². The Morgan fingerprint density at radius 1 is 1.13 bits per heavy atom. The van der Waals surface area contributed by atoms with Crippen molar-refractivity contribution in [2.24, 2.45) is 0 Å². The fourth-order valence-electron chi connectivity index (χ4n) is 3.98. The molecule has 0 atom stereocenters. The van der Waals surface area contributed by atoms with Crippen molar-refractivity contribution in [1.29, 1.82) is 0 Å². The normalized spacial score (nSPS) is 13.3. The number of anilines is 1. The average molecular weight is 430 g/mol. The standard InChI is InChI=1S/C25H23N3O2S/c1-30-21-9-12-23-19(15-21)5-4-14-28(23)25(29)18-7-10-22(11-8-18)31-17-20-16-27-13-3-2-6-24(27)26-20/h2-3,6-13,15-16H,4-5,14,17H2,1H3. The van der Waals surface area contributed by atoms with Crippen molar-refractivity contribution in [3.63, 3.8) is 0 Å². The van der Waals surface area contributed by atoms with Crippen LogP contribution in [0.3, 0.4) is 0 Å². The van der Waals surface area contributed by atoms with Crippen LogP contribution in [0.2, 0.25) is 0 Å². The van der Waals surface area contributed by atoms with Crippen molar-refractivity contribution in [1.82, 2.24) is 9.38 Å². The molecule has 5 nitrogen and oxygen atoms in total. The van der Waals surface area contributed by atoms with Crippen molar-refractivity contribution < 1.29 is 9.53 Å². The number of nitrogens with zero attached hydrogens (tertiary/aromatic N) is 3. The lowest BCUT2D eigenvalue weighted by atomic mass is 10.0. The van der Waals surface area contributed by atoms with Gasteiger partial charge in [-0.05, 0) is 73.0 Å². The lowest BCUT2D eigenvalue weighted by Crippen LogP contribution is -2.35. The highest BCUT2D eigenvalue weighted by Gasteiger charge is 2.24. The van der Waals surface area contributed by atoms with E-state index in [0.717, 1.165) is 52.8 Å². The number of carbonyl (C=O) groups excluding carboxylic acids is 1. The quantitative estimate of drug-likeness (QED) is 0.408. The van der Waals surface area contributed by atoms with Gasteiger partial charge in [0.2, 0.25) is 0 Å². The summed E-state index contributed by atoms with van der Waals surface area (Å²) in [6.45, 7) is 0.739. The summed E-state index contributed by atoms with van der Waals surface area (Å²) in [5.74, 6) is 1.67. The zero-order chi connectivity index (χ0) is 21.2. The molecule has 6 heteroatoms. The van der Waals surface area contributed by atoms with Crippen LogP contribution in [0.5, 0.6) is 5.75 Å². The molecule has 0 radical (unpaired) electrons. The fraction of sp³-hybridized carbons (Fsp3) is 0.200. The summed E-state index contributed by atoms with van der Waals surface area (Å²) in [6.07, 6.45) is 5.99. The van der Waals surface area contributed by atoms with Crippen molar-refractivity contribution in [2.45, 2.75) is 23.5 Å². The number of hydrogen-bond acceptors (Lipinski definition) is 4. The molecule has 0 N–H and O–H groups in total. The van der Waals surface area contributed by atoms with E-state index in [-0.39, 0.29) is 5.91 Å². The number of benzene rings is 2. The first-order valence-corrected chi connectivity index (χ1v) is 11.3. The number of thioether (sulfide) groups is 1. The minimum atomic E-state index is 0.0445. The van der Waals surface area contributed by atoms with Crippen molar-refractivity contribution in [3.8, 4) is 5.75 Å². The zero-order valence-corrected chi connectivity index (χ0v) is 18.1. The van der Waals surface area contributed by atoms with E-state index in [9.17, 15) is 4.79 Å². The molecule has 31 heavy (non-hydrogen) atoms. The van der Waals surface area contributed by atoms with Crippen molar-refractivity contribution in [3.05, 3.63) is 89.9 Å². The summed E-state index contributed by atoms with van der Waals surface area (Å²) in [7, 11) is 1.67. The monoisotopic (exact) mass is 429 g/mol. The summed E-state index contributed by atoms with van der Waals surface area (Å²) < 4.78 is 7.37. The lowest BCUT2D eigenvalue weighted by molar-refractivity contribution is 0.0985. The molecule has 1 amide bonds. The van der Waals surface area contributed by atoms with E-state index in [1.54, 1.807) is 18.9 Å². The number of rotatable bonds is 5. The smallest absolute Gasteiger partial charge is 0.258 e. The lowest BCUT2D eigenvalue weighted by Gasteiger charge is -2.30. The number of amides is 1. The van der Waals surface area contributed by atoms with Gasteiger partial charge in [0.25, 0.3) is 5.91 Å². The molecule has 0 bridgehead atoms. The number of pyridine rings is 1. The van der Waals surface area contributed by atoms with E-state index in [1.165, 1.54) is 5.56 Å². The highest BCUT2D eigenvalue weighted by molar-refractivity contribution is 7.98. The van der Waals surface area contributed by atoms with Crippen LogP contribution in [0.25, 0.3) is 5.65 Å². The second-order valence-electron chi connectivity index (χ2n) is 7.57. The minimum Gasteiger partial charge on any atom is -0.497 e. The predicted molar refractivity (Wildman–Crippen MR) is 124 cm³/mol. The third-order valence-electron chi connectivity index (χ3n) is 5.55. The molecule has 0 fully saturated rings. The SMILES string of the molecule is COc1ccc2c(c1)CCCN2C(=O)c1ccc(SCc2cn3ccccc3n2)cc1. The van der Waals surface area contributed by atoms with Crippen molar-refractivity contribution >= 4 is 29.0 Å². The molecule has 156 valence electrons. The molecule has 0 saturated heterocycles. The summed E-state index contributed by atoms with van der Waals surface area (Å²) in [4.78, 5) is 20.8. The average Bonchev–Trinajstić information content (AvgIpc) is 3.25. The van der Waals surface area contributed by atoms with Crippen LogP contribution in [0.1, 0.15) is 28.0 Å². The Bertz CT molecular complexity index is 1200. The molecule has 0 saturated carbocycles. The van der Waals surface area contributed by atoms with E-state index in [1.807, 2.05) is 76.2 Å². The summed E-state index contributed by atoms with van der Waals surface area (Å²) in [6, 6.07) is 19.8. The van der Waals surface area contributed by atoms with E-state index in [0.29, 0.717) is 5.56 Å². The van der Waals surface area contributed by atoms with Gasteiger partial charge in [-0.3, -0.25) is 4.79 Å². The molecule has 2 aromatic heterocycles. The fourth-order valence-corrected chi connectivity index (χ4v) is 4.76. The Balaban J connectivity index is 1.28. The third-order valence-corrected chi connectivity index (χ3v) is 6.60. The number of carbonyl (C=O) groups is 1. The Hall–Kier alpha value is -3.25. The number of methoxy groups -OCH3 is 1. The maximum absolute atomic E-state index is 13.2. The molecule has 5 rings (SSSR count). The Morgan fingerprint density at radius 2 is 2.00 bits per heavy atom. The minimum absolute atomic E-state index is 0.0445. The van der Waals surface area contributed by atoms with Gasteiger partial charge >= 0.3 is 0 Å². The maximum atomic E-state index is 13.2. The van der Waals surface area contributed by atoms with E-state index >= 15 is 0 Å². The topological polar surface area (TPSA) is 46.8 Å². The van der Waals surface area contributed by atoms with Gasteiger partial charge in [-0.25, -0.2) is 4.98 Å². The predicted octanol–water partition coefficient (Wildman–Crippen LogP) is 5.23. The second-order valence-corrected chi connectivity index (χ2v) is 8.62. The molecule has 1 aliphatic rings. The van der Waals surface area contributed by atoms with Gasteiger partial charge in [-0.2, -0.15) is 0 Å². The highest BCUT2D eigenvalue weighted by atomic mass is 32.2. The number of fused-ring (bicyclic) bond motifs is 2. The van der Waals surface area contributed by atoms with Crippen LogP contribution in [0, 0.1) is 0 Å². The van der Waals surface area contributed by atoms with Gasteiger partial charge in [0, 0.05) is 40.8 Å². The number of hydrogen-bond donors (Lipinski definition) is 0. The van der Waals surface area contributed by atoms with Crippen LogP contribution in [0.4, 0.5) is 5.69 Å². The van der Waals surface area contributed by atoms with Crippen LogP contribution < -0.4 is 9.64 Å². The molecule has 4 aromatic rings. The third kappa shape index (κ3) is 4.03. The van der Waals surface area contributed by atoms with Gasteiger partial charge < -0.3 is 14.0 Å². The van der Waals surface area contributed by atoms with E-state index in [2.05, 4.69) is 11.2 Å². The van der Waals surface area contributed by atoms with Crippen LogP contribution in [-0.2, 0) is 12.2 Å². The van der Waals surface area contributed by atoms with Gasteiger partial charge in [0.15, 0.2) is 0 Å². The zero-order valence-electron chi connectivity index (χ0n) is 17.3. The Kier molecular flexibility index (Phi) is 5.38. The Morgan fingerprint density at radius 3 is 2.81 bits per heavy atom. The molecule has 0 unspecified atom stereocenters. The summed E-state index contributed by atoms with van der Waals surface area (Å²) in [5.41, 5.74) is 4.86. The van der Waals surface area contributed by atoms with Gasteiger partial charge in [0.1, 0.15) is 11.4 Å². The summed E-state index contributed by atoms with van der Waals surface area (Å²) >= 11 is 1.72. The van der Waals surface area contributed by atoms with Crippen LogP contribution >= 0.6 is 11.8 Å². The molecule has 0 spiro atoms. The first kappa shape index (κ1) is 19.7. The van der Waals surface area contributed by atoms with Crippen LogP contribution in [-0.4, -0.2) is 28.9 Å². The largest absolute Gasteiger partial charge is 0.497 e.